The number of amides is 2. The summed E-state index contributed by atoms with van der Waals surface area (Å²) in [5.41, 5.74) is 1.12. The van der Waals surface area contributed by atoms with E-state index in [4.69, 9.17) is 4.74 Å². The molecule has 8 heteroatoms. The van der Waals surface area contributed by atoms with Crippen molar-refractivity contribution in [2.24, 2.45) is 5.92 Å². The van der Waals surface area contributed by atoms with E-state index in [0.717, 1.165) is 62.0 Å². The van der Waals surface area contributed by atoms with Crippen LogP contribution in [-0.4, -0.2) is 47.5 Å². The Morgan fingerprint density at radius 3 is 3.04 bits per heavy atom. The maximum atomic E-state index is 12.1. The molecule has 3 heterocycles. The molecule has 144 valence electrons. The van der Waals surface area contributed by atoms with Crippen LogP contribution in [0, 0.1) is 5.92 Å². The van der Waals surface area contributed by atoms with Gasteiger partial charge in [0.25, 0.3) is 0 Å². The van der Waals surface area contributed by atoms with E-state index in [2.05, 4.69) is 36.4 Å². The van der Waals surface area contributed by atoms with Gasteiger partial charge >= 0.3 is 6.03 Å². The number of para-hydroxylation sites is 2. The van der Waals surface area contributed by atoms with Crippen LogP contribution in [0.2, 0.25) is 0 Å². The molecule has 2 aromatic rings. The number of rotatable bonds is 6. The second-order valence-electron chi connectivity index (χ2n) is 7.12. The second kappa shape index (κ2) is 7.85. The first-order valence-electron chi connectivity index (χ1n) is 9.55. The first-order chi connectivity index (χ1) is 13.2. The SMILES string of the molecule is COc1ccccc1N1CCC(CNC(=O)NCc2nnc3n2CCC3)C1. The van der Waals surface area contributed by atoms with Crippen molar-refractivity contribution >= 4 is 11.7 Å². The molecular weight excluding hydrogens is 344 g/mol. The number of carbonyl (C=O) groups is 1. The lowest BCUT2D eigenvalue weighted by molar-refractivity contribution is 0.238. The van der Waals surface area contributed by atoms with Crippen molar-refractivity contribution in [3.05, 3.63) is 35.9 Å². The monoisotopic (exact) mass is 370 g/mol. The van der Waals surface area contributed by atoms with E-state index >= 15 is 0 Å². The lowest BCUT2D eigenvalue weighted by Crippen LogP contribution is -2.39. The van der Waals surface area contributed by atoms with Gasteiger partial charge in [0.1, 0.15) is 11.6 Å². The van der Waals surface area contributed by atoms with Gasteiger partial charge in [-0.1, -0.05) is 12.1 Å². The Morgan fingerprint density at radius 2 is 2.15 bits per heavy atom. The van der Waals surface area contributed by atoms with Crippen LogP contribution < -0.4 is 20.3 Å². The van der Waals surface area contributed by atoms with Crippen molar-refractivity contribution in [3.63, 3.8) is 0 Å². The second-order valence-corrected chi connectivity index (χ2v) is 7.12. The molecule has 1 aromatic heterocycles. The maximum absolute atomic E-state index is 12.1. The summed E-state index contributed by atoms with van der Waals surface area (Å²) >= 11 is 0. The van der Waals surface area contributed by atoms with Crippen LogP contribution in [0.1, 0.15) is 24.5 Å². The van der Waals surface area contributed by atoms with Gasteiger partial charge < -0.3 is 24.8 Å². The van der Waals surface area contributed by atoms with Crippen LogP contribution in [0.25, 0.3) is 0 Å². The minimum absolute atomic E-state index is 0.152. The van der Waals surface area contributed by atoms with Gasteiger partial charge in [0.2, 0.25) is 0 Å². The number of nitrogens with zero attached hydrogens (tertiary/aromatic N) is 4. The number of hydrogen-bond acceptors (Lipinski definition) is 5. The van der Waals surface area contributed by atoms with Crippen LogP contribution in [0.3, 0.4) is 0 Å². The van der Waals surface area contributed by atoms with Crippen LogP contribution in [0.15, 0.2) is 24.3 Å². The lowest BCUT2D eigenvalue weighted by atomic mass is 10.1. The number of methoxy groups -OCH3 is 1. The number of nitrogens with one attached hydrogen (secondary N) is 2. The van der Waals surface area contributed by atoms with E-state index in [-0.39, 0.29) is 6.03 Å². The maximum Gasteiger partial charge on any atom is 0.315 e. The molecule has 0 spiro atoms. The number of hydrogen-bond donors (Lipinski definition) is 2. The zero-order valence-corrected chi connectivity index (χ0v) is 15.6. The Kier molecular flexibility index (Phi) is 5.13. The number of benzene rings is 1. The summed E-state index contributed by atoms with van der Waals surface area (Å²) in [5, 5.41) is 14.2. The van der Waals surface area contributed by atoms with E-state index in [1.807, 2.05) is 18.2 Å². The highest BCUT2D eigenvalue weighted by atomic mass is 16.5. The van der Waals surface area contributed by atoms with Crippen LogP contribution >= 0.6 is 0 Å². The molecule has 1 atom stereocenters. The molecule has 2 amide bonds. The van der Waals surface area contributed by atoms with Crippen molar-refractivity contribution in [2.75, 3.05) is 31.6 Å². The van der Waals surface area contributed by atoms with Gasteiger partial charge in [-0.15, -0.1) is 10.2 Å². The zero-order valence-electron chi connectivity index (χ0n) is 15.6. The standard InChI is InChI=1S/C19H26N6O2/c1-27-16-6-3-2-5-15(16)24-10-8-14(13-24)11-20-19(26)21-12-18-23-22-17-7-4-9-25(17)18/h2-3,5-6,14H,4,7-13H2,1H3,(H2,20,21,26). The number of aromatic nitrogens is 3. The van der Waals surface area contributed by atoms with Crippen molar-refractivity contribution in [1.29, 1.82) is 0 Å². The van der Waals surface area contributed by atoms with Crippen molar-refractivity contribution in [1.82, 2.24) is 25.4 Å². The number of urea groups is 1. The molecule has 0 aliphatic carbocycles. The van der Waals surface area contributed by atoms with E-state index in [1.54, 1.807) is 7.11 Å². The van der Waals surface area contributed by atoms with Crippen LogP contribution in [0.4, 0.5) is 10.5 Å². The first-order valence-corrected chi connectivity index (χ1v) is 9.55. The molecule has 1 unspecified atom stereocenters. The number of aryl methyl sites for hydroxylation is 1. The fourth-order valence-corrected chi connectivity index (χ4v) is 3.91. The molecule has 2 aliphatic rings. The molecule has 0 radical (unpaired) electrons. The Morgan fingerprint density at radius 1 is 1.26 bits per heavy atom. The predicted octanol–water partition coefficient (Wildman–Crippen LogP) is 1.56. The third-order valence-electron chi connectivity index (χ3n) is 5.36. The molecule has 4 rings (SSSR count). The Balaban J connectivity index is 1.23. The molecule has 1 fully saturated rings. The minimum atomic E-state index is -0.152. The summed E-state index contributed by atoms with van der Waals surface area (Å²) in [6, 6.07) is 7.92. The molecule has 27 heavy (non-hydrogen) atoms. The third kappa shape index (κ3) is 3.84. The molecule has 2 N–H and O–H groups in total. The fraction of sp³-hybridized carbons (Fsp3) is 0.526. The summed E-state index contributed by atoms with van der Waals surface area (Å²) in [7, 11) is 1.70. The number of fused-ring (bicyclic) bond motifs is 1. The first kappa shape index (κ1) is 17.6. The average Bonchev–Trinajstić information content (AvgIpc) is 3.42. The highest BCUT2D eigenvalue weighted by Crippen LogP contribution is 2.31. The summed E-state index contributed by atoms with van der Waals surface area (Å²) in [4.78, 5) is 14.5. The summed E-state index contributed by atoms with van der Waals surface area (Å²) in [6.07, 6.45) is 3.13. The largest absolute Gasteiger partial charge is 0.495 e. The molecule has 2 aliphatic heterocycles. The Bertz CT molecular complexity index is 805. The average molecular weight is 370 g/mol. The molecule has 8 nitrogen and oxygen atoms in total. The number of ether oxygens (including phenoxy) is 1. The van der Waals surface area contributed by atoms with E-state index in [9.17, 15) is 4.79 Å². The molecule has 1 aromatic carbocycles. The van der Waals surface area contributed by atoms with Crippen molar-refractivity contribution in [3.8, 4) is 5.75 Å². The van der Waals surface area contributed by atoms with Crippen molar-refractivity contribution < 1.29 is 9.53 Å². The normalized spacial score (nSPS) is 18.4. The van der Waals surface area contributed by atoms with E-state index < -0.39 is 0 Å². The Hall–Kier alpha value is -2.77. The molecule has 0 saturated carbocycles. The van der Waals surface area contributed by atoms with Gasteiger partial charge in [0.05, 0.1) is 19.3 Å². The fourth-order valence-electron chi connectivity index (χ4n) is 3.91. The zero-order chi connectivity index (χ0) is 18.6. The van der Waals surface area contributed by atoms with Gasteiger partial charge in [0, 0.05) is 32.6 Å². The Labute approximate surface area is 158 Å². The van der Waals surface area contributed by atoms with Gasteiger partial charge in [-0.2, -0.15) is 0 Å². The van der Waals surface area contributed by atoms with Gasteiger partial charge in [0.15, 0.2) is 5.82 Å². The van der Waals surface area contributed by atoms with Gasteiger partial charge in [-0.25, -0.2) is 4.79 Å². The minimum Gasteiger partial charge on any atom is -0.495 e. The van der Waals surface area contributed by atoms with Crippen LogP contribution in [0.5, 0.6) is 5.75 Å². The summed E-state index contributed by atoms with van der Waals surface area (Å²) in [5.74, 6) is 3.18. The molecule has 1 saturated heterocycles. The van der Waals surface area contributed by atoms with E-state index in [0.29, 0.717) is 19.0 Å². The van der Waals surface area contributed by atoms with Crippen molar-refractivity contribution in [2.45, 2.75) is 32.4 Å². The van der Waals surface area contributed by atoms with Crippen LogP contribution in [-0.2, 0) is 19.5 Å². The highest BCUT2D eigenvalue weighted by molar-refractivity contribution is 5.73. The third-order valence-corrected chi connectivity index (χ3v) is 5.36. The van der Waals surface area contributed by atoms with Gasteiger partial charge in [-0.05, 0) is 30.9 Å². The highest BCUT2D eigenvalue weighted by Gasteiger charge is 2.25. The summed E-state index contributed by atoms with van der Waals surface area (Å²) in [6.45, 7) is 3.91. The molecule has 0 bridgehead atoms. The van der Waals surface area contributed by atoms with E-state index in [1.165, 1.54) is 0 Å². The quantitative estimate of drug-likeness (QED) is 0.806. The lowest BCUT2D eigenvalue weighted by Gasteiger charge is -2.21. The number of carbonyl (C=O) groups excluding carboxylic acids is 1. The van der Waals surface area contributed by atoms with Gasteiger partial charge in [-0.3, -0.25) is 0 Å². The molecular formula is C19H26N6O2. The smallest absolute Gasteiger partial charge is 0.315 e. The summed E-state index contributed by atoms with van der Waals surface area (Å²) < 4.78 is 7.56. The topological polar surface area (TPSA) is 84.3 Å². The number of anilines is 1. The predicted molar refractivity (Wildman–Crippen MR) is 102 cm³/mol.